The average molecular weight is 1030 g/mol. The minimum absolute atomic E-state index is 0.0596. The Morgan fingerprint density at radius 1 is 0.541 bits per heavy atom. The molecule has 8 aliphatic rings. The second kappa shape index (κ2) is 20.5. The maximum Gasteiger partial charge on any atom is 0.331 e. The Bertz CT molecular complexity index is 2180. The first-order chi connectivity index (χ1) is 34.5. The number of rotatable bonds is 13. The van der Waals surface area contributed by atoms with Crippen LogP contribution in [0.25, 0.3) is 0 Å². The van der Waals surface area contributed by atoms with Gasteiger partial charge in [-0.3, -0.25) is 9.59 Å². The standard InChI is InChI=1S/C62H94O12/c1-33(2)17-15-19-39(55(67)68)51-43-29-47(53-57(9)25-23-45(65)35(5)41(57)21-27-59(53,11)61(43,13)31-49(51)71-37(7)63)73-74-48-30-44-52(40(56(69)70)20-16-18-34(3)4)50(72-38(8)64)32-62(44,14)60(12)28-22-42-36(6)46(66)24-26-58(42,10)54(48)60/h17-18,35-36,41-50,53-54,65-66H,15-16,19-32H2,1-14H3,(H,67,68)(H,69,70)/b51-39-,52-40-. The fourth-order valence-electron chi connectivity index (χ4n) is 19.8. The lowest BCUT2D eigenvalue weighted by atomic mass is 9.36. The molecule has 12 heteroatoms. The molecule has 12 nitrogen and oxygen atoms in total. The Kier molecular flexibility index (Phi) is 15.7. The molecule has 0 aromatic heterocycles. The van der Waals surface area contributed by atoms with E-state index in [9.17, 15) is 39.6 Å². The van der Waals surface area contributed by atoms with E-state index >= 15 is 0 Å². The molecule has 8 fully saturated rings. The van der Waals surface area contributed by atoms with Gasteiger partial charge in [0.1, 0.15) is 12.2 Å². The monoisotopic (exact) mass is 1030 g/mol. The number of carboxylic acids is 2. The number of allylic oxidation sites excluding steroid dienone is 4. The van der Waals surface area contributed by atoms with Crippen molar-refractivity contribution < 1.29 is 58.9 Å². The number of aliphatic hydroxyl groups excluding tert-OH is 2. The molecule has 8 saturated carbocycles. The first-order valence-electron chi connectivity index (χ1n) is 28.7. The smallest absolute Gasteiger partial charge is 0.331 e. The molecule has 0 aromatic rings. The maximum absolute atomic E-state index is 13.6. The summed E-state index contributed by atoms with van der Waals surface area (Å²) in [6.45, 7) is 29.4. The average Bonchev–Trinajstić information content (AvgIpc) is 3.74. The highest BCUT2D eigenvalue weighted by Crippen LogP contribution is 2.77. The van der Waals surface area contributed by atoms with Crippen LogP contribution in [0.4, 0.5) is 0 Å². The van der Waals surface area contributed by atoms with E-state index in [-0.39, 0.29) is 58.2 Å². The van der Waals surface area contributed by atoms with Crippen LogP contribution in [-0.4, -0.2) is 80.9 Å². The Balaban J connectivity index is 1.30. The highest BCUT2D eigenvalue weighted by atomic mass is 17.2. The molecular formula is C62H94O12. The lowest BCUT2D eigenvalue weighted by Crippen LogP contribution is -2.67. The molecule has 0 heterocycles. The third-order valence-corrected chi connectivity index (χ3v) is 23.4. The van der Waals surface area contributed by atoms with Crippen LogP contribution >= 0.6 is 0 Å². The van der Waals surface area contributed by atoms with Gasteiger partial charge in [-0.25, -0.2) is 19.4 Å². The van der Waals surface area contributed by atoms with E-state index in [0.717, 1.165) is 49.7 Å². The molecule has 8 aliphatic carbocycles. The summed E-state index contributed by atoms with van der Waals surface area (Å²) in [5.41, 5.74) is 1.78. The Morgan fingerprint density at radius 3 is 1.20 bits per heavy atom. The zero-order valence-corrected chi connectivity index (χ0v) is 47.6. The number of esters is 2. The van der Waals surface area contributed by atoms with Gasteiger partial charge in [0, 0.05) is 25.0 Å². The Morgan fingerprint density at radius 2 is 0.892 bits per heavy atom. The second-order valence-corrected chi connectivity index (χ2v) is 27.4. The summed E-state index contributed by atoms with van der Waals surface area (Å²) in [6, 6.07) is 0. The van der Waals surface area contributed by atoms with Crippen molar-refractivity contribution >= 4 is 23.9 Å². The summed E-state index contributed by atoms with van der Waals surface area (Å²) in [5.74, 6) is -3.14. The van der Waals surface area contributed by atoms with Crippen molar-refractivity contribution in [3.63, 3.8) is 0 Å². The van der Waals surface area contributed by atoms with E-state index in [4.69, 9.17) is 19.2 Å². The van der Waals surface area contributed by atoms with Crippen LogP contribution in [0, 0.1) is 79.8 Å². The van der Waals surface area contributed by atoms with Crippen LogP contribution in [0.5, 0.6) is 0 Å². The van der Waals surface area contributed by atoms with Crippen molar-refractivity contribution in [1.29, 1.82) is 0 Å². The molecule has 0 aromatic carbocycles. The number of aliphatic carboxylic acids is 2. The number of ether oxygens (including phenoxy) is 2. The third kappa shape index (κ3) is 9.12. The highest BCUT2D eigenvalue weighted by molar-refractivity contribution is 5.89. The Labute approximate surface area is 442 Å². The molecule has 8 rings (SSSR count). The molecule has 20 atom stereocenters. The molecule has 0 saturated heterocycles. The number of aliphatic hydroxyl groups is 2. The number of carbonyl (C=O) groups is 4. The first kappa shape index (κ1) is 56.9. The zero-order chi connectivity index (χ0) is 54.4. The van der Waals surface area contributed by atoms with Gasteiger partial charge >= 0.3 is 23.9 Å². The van der Waals surface area contributed by atoms with Crippen LogP contribution in [0.15, 0.2) is 45.6 Å². The normalized spacial score (nSPS) is 46.5. The van der Waals surface area contributed by atoms with Crippen molar-refractivity contribution in [3.8, 4) is 0 Å². The molecule has 0 bridgehead atoms. The molecule has 414 valence electrons. The number of fused-ring (bicyclic) bond motifs is 10. The van der Waals surface area contributed by atoms with Crippen molar-refractivity contribution in [2.45, 2.75) is 236 Å². The predicted octanol–water partition coefficient (Wildman–Crippen LogP) is 12.3. The van der Waals surface area contributed by atoms with Crippen LogP contribution in [0.1, 0.15) is 200 Å². The van der Waals surface area contributed by atoms with Gasteiger partial charge in [-0.15, -0.1) is 0 Å². The number of hydrogen-bond acceptors (Lipinski definition) is 10. The third-order valence-electron chi connectivity index (χ3n) is 23.4. The summed E-state index contributed by atoms with van der Waals surface area (Å²) in [5, 5.41) is 45.2. The molecule has 0 amide bonds. The SMILES string of the molecule is CC(=O)OC1CC2(C)C(CC(OOC3CC4/C(=C(\CCC=C(C)C)C(=O)O)C(OC(C)=O)CC4(C)C4(C)CCC5C(C)C(O)CCC5(C)C34)C3C4(C)CCC(O)C(C)C4CCC32C)/C1=C(\CCC=C(C)C)C(=O)O. The van der Waals surface area contributed by atoms with E-state index in [0.29, 0.717) is 86.5 Å². The molecule has 4 N–H and O–H groups in total. The number of carboxylic acid groups (broad SMARTS) is 2. The quantitative estimate of drug-likeness (QED) is 0.0450. The van der Waals surface area contributed by atoms with E-state index in [1.54, 1.807) is 0 Å². The summed E-state index contributed by atoms with van der Waals surface area (Å²) >= 11 is 0. The molecule has 20 unspecified atom stereocenters. The van der Waals surface area contributed by atoms with Crippen molar-refractivity contribution in [2.24, 2.45) is 79.8 Å². The van der Waals surface area contributed by atoms with Gasteiger partial charge in [-0.05, 0) is 221 Å². The molecule has 0 spiro atoms. The van der Waals surface area contributed by atoms with E-state index in [1.807, 2.05) is 27.7 Å². The largest absolute Gasteiger partial charge is 0.478 e. The van der Waals surface area contributed by atoms with Crippen molar-refractivity contribution in [2.75, 3.05) is 0 Å². The zero-order valence-electron chi connectivity index (χ0n) is 47.6. The number of carbonyl (C=O) groups excluding carboxylic acids is 2. The van der Waals surface area contributed by atoms with Gasteiger partial charge in [0.15, 0.2) is 0 Å². The Hall–Kier alpha value is -3.32. The first-order valence-corrected chi connectivity index (χ1v) is 28.7. The summed E-state index contributed by atoms with van der Waals surface area (Å²) in [7, 11) is 0. The van der Waals surface area contributed by atoms with Crippen LogP contribution in [0.3, 0.4) is 0 Å². The van der Waals surface area contributed by atoms with Crippen molar-refractivity contribution in [1.82, 2.24) is 0 Å². The summed E-state index contributed by atoms with van der Waals surface area (Å²) in [6.07, 6.45) is 10.7. The molecule has 0 aliphatic heterocycles. The van der Waals surface area contributed by atoms with Crippen LogP contribution in [-0.2, 0) is 38.4 Å². The fourth-order valence-corrected chi connectivity index (χ4v) is 19.8. The van der Waals surface area contributed by atoms with Gasteiger partial charge in [-0.1, -0.05) is 78.7 Å². The predicted molar refractivity (Wildman–Crippen MR) is 283 cm³/mol. The van der Waals surface area contributed by atoms with Crippen molar-refractivity contribution in [3.05, 3.63) is 45.6 Å². The fraction of sp³-hybridized carbons (Fsp3) is 0.806. The minimum atomic E-state index is -0.999. The van der Waals surface area contributed by atoms with Gasteiger partial charge in [0.05, 0.1) is 24.4 Å². The van der Waals surface area contributed by atoms with Gasteiger partial charge < -0.3 is 29.9 Å². The van der Waals surface area contributed by atoms with Gasteiger partial charge in [-0.2, -0.15) is 0 Å². The van der Waals surface area contributed by atoms with Gasteiger partial charge in [0.2, 0.25) is 0 Å². The highest BCUT2D eigenvalue weighted by Gasteiger charge is 2.74. The minimum Gasteiger partial charge on any atom is -0.478 e. The molecular weight excluding hydrogens is 937 g/mol. The lowest BCUT2D eigenvalue weighted by molar-refractivity contribution is -0.418. The summed E-state index contributed by atoms with van der Waals surface area (Å²) < 4.78 is 12.5. The molecule has 0 radical (unpaired) electrons. The van der Waals surface area contributed by atoms with E-state index in [2.05, 4.69) is 67.5 Å². The lowest BCUT2D eigenvalue weighted by Gasteiger charge is -2.70. The second-order valence-electron chi connectivity index (χ2n) is 27.4. The number of hydrogen-bond donors (Lipinski definition) is 4. The van der Waals surface area contributed by atoms with Gasteiger partial charge in [0.25, 0.3) is 0 Å². The maximum atomic E-state index is 13.6. The topological polar surface area (TPSA) is 186 Å². The summed E-state index contributed by atoms with van der Waals surface area (Å²) in [4.78, 5) is 68.3. The van der Waals surface area contributed by atoms with Crippen LogP contribution in [0.2, 0.25) is 0 Å². The molecule has 74 heavy (non-hydrogen) atoms. The van der Waals surface area contributed by atoms with E-state index in [1.165, 1.54) is 13.8 Å². The van der Waals surface area contributed by atoms with E-state index < -0.39 is 82.2 Å². The van der Waals surface area contributed by atoms with Crippen LogP contribution < -0.4 is 0 Å².